The van der Waals surface area contributed by atoms with Crippen LogP contribution in [0.15, 0.2) is 0 Å². The predicted molar refractivity (Wildman–Crippen MR) is 77.7 cm³/mol. The minimum absolute atomic E-state index is 0.0172. The second-order valence-corrected chi connectivity index (χ2v) is 5.15. The molecule has 18 heavy (non-hydrogen) atoms. The summed E-state index contributed by atoms with van der Waals surface area (Å²) in [6.45, 7) is 4.86. The van der Waals surface area contributed by atoms with Gasteiger partial charge < -0.3 is 4.74 Å². The molecule has 0 fully saturated rings. The van der Waals surface area contributed by atoms with Crippen LogP contribution in [0.5, 0.6) is 0 Å². The van der Waals surface area contributed by atoms with Gasteiger partial charge in [0.05, 0.1) is 6.61 Å². The Bertz CT molecular complexity index is 178. The largest absolute Gasteiger partial charge is 0.466 e. The van der Waals surface area contributed by atoms with E-state index in [4.69, 9.17) is 4.74 Å². The molecule has 2 heteroatoms. The molecule has 0 radical (unpaired) electrons. The molecule has 0 saturated heterocycles. The van der Waals surface area contributed by atoms with E-state index in [-0.39, 0.29) is 5.97 Å². The fourth-order valence-electron chi connectivity index (χ4n) is 2.04. The molecule has 0 N–H and O–H groups in total. The zero-order valence-corrected chi connectivity index (χ0v) is 12.5. The molecule has 0 aromatic rings. The number of hydrogen-bond donors (Lipinski definition) is 0. The molecular formula is C16H32O2. The van der Waals surface area contributed by atoms with Crippen LogP contribution in [0.25, 0.3) is 0 Å². The summed E-state index contributed by atoms with van der Waals surface area (Å²) in [6.07, 6.45) is 14.6. The van der Waals surface area contributed by atoms with Crippen LogP contribution in [0, 0.1) is 0 Å². The van der Waals surface area contributed by atoms with Crippen LogP contribution in [0.4, 0.5) is 0 Å². The fourth-order valence-corrected chi connectivity index (χ4v) is 2.04. The third-order valence-corrected chi connectivity index (χ3v) is 3.20. The SMILES string of the molecule is CCCCCCCCCCCCC(=O)OCCC. The van der Waals surface area contributed by atoms with Crippen molar-refractivity contribution in [2.24, 2.45) is 0 Å². The molecule has 0 aliphatic carbocycles. The van der Waals surface area contributed by atoms with E-state index in [1.165, 1.54) is 57.8 Å². The van der Waals surface area contributed by atoms with E-state index >= 15 is 0 Å². The first-order chi connectivity index (χ1) is 8.81. The summed E-state index contributed by atoms with van der Waals surface area (Å²) in [7, 11) is 0. The summed E-state index contributed by atoms with van der Waals surface area (Å²) in [4.78, 5) is 11.2. The van der Waals surface area contributed by atoms with Gasteiger partial charge in [0.2, 0.25) is 0 Å². The molecule has 0 rings (SSSR count). The first-order valence-corrected chi connectivity index (χ1v) is 7.96. The van der Waals surface area contributed by atoms with Crippen LogP contribution in [-0.4, -0.2) is 12.6 Å². The van der Waals surface area contributed by atoms with Crippen molar-refractivity contribution in [3.8, 4) is 0 Å². The van der Waals surface area contributed by atoms with Gasteiger partial charge in [0.15, 0.2) is 0 Å². The van der Waals surface area contributed by atoms with Gasteiger partial charge in [-0.15, -0.1) is 0 Å². The van der Waals surface area contributed by atoms with Crippen molar-refractivity contribution in [3.05, 3.63) is 0 Å². The van der Waals surface area contributed by atoms with Gasteiger partial charge in [-0.1, -0.05) is 71.6 Å². The minimum atomic E-state index is -0.0172. The number of hydrogen-bond acceptors (Lipinski definition) is 2. The summed E-state index contributed by atoms with van der Waals surface area (Å²) < 4.78 is 5.03. The molecule has 0 spiro atoms. The minimum Gasteiger partial charge on any atom is -0.466 e. The summed E-state index contributed by atoms with van der Waals surface area (Å²) >= 11 is 0. The van der Waals surface area contributed by atoms with Gasteiger partial charge in [-0.3, -0.25) is 4.79 Å². The molecular weight excluding hydrogens is 224 g/mol. The second-order valence-electron chi connectivity index (χ2n) is 5.15. The molecule has 0 aliphatic heterocycles. The number of unbranched alkanes of at least 4 members (excludes halogenated alkanes) is 9. The Balaban J connectivity index is 3.04. The van der Waals surface area contributed by atoms with Crippen molar-refractivity contribution in [2.45, 2.75) is 90.9 Å². The summed E-state index contributed by atoms with van der Waals surface area (Å²) in [5.41, 5.74) is 0. The molecule has 0 aromatic carbocycles. The number of ether oxygens (including phenoxy) is 1. The molecule has 0 aromatic heterocycles. The lowest BCUT2D eigenvalue weighted by molar-refractivity contribution is -0.143. The third kappa shape index (κ3) is 13.5. The maximum Gasteiger partial charge on any atom is 0.305 e. The van der Waals surface area contributed by atoms with E-state index in [0.717, 1.165) is 12.8 Å². The van der Waals surface area contributed by atoms with Crippen molar-refractivity contribution in [1.82, 2.24) is 0 Å². The Hall–Kier alpha value is -0.530. The van der Waals surface area contributed by atoms with Crippen molar-refractivity contribution >= 4 is 5.97 Å². The summed E-state index contributed by atoms with van der Waals surface area (Å²) in [6, 6.07) is 0. The second kappa shape index (κ2) is 14.5. The van der Waals surface area contributed by atoms with E-state index in [1.54, 1.807) is 0 Å². The molecule has 0 aliphatic rings. The molecule has 0 atom stereocenters. The van der Waals surface area contributed by atoms with Gasteiger partial charge in [0, 0.05) is 6.42 Å². The predicted octanol–water partition coefficient (Wildman–Crippen LogP) is 5.25. The summed E-state index contributed by atoms with van der Waals surface area (Å²) in [5.74, 6) is -0.0172. The number of esters is 1. The highest BCUT2D eigenvalue weighted by molar-refractivity contribution is 5.69. The van der Waals surface area contributed by atoms with Crippen LogP contribution in [0.3, 0.4) is 0 Å². The van der Waals surface area contributed by atoms with Crippen LogP contribution in [0.1, 0.15) is 90.9 Å². The first-order valence-electron chi connectivity index (χ1n) is 7.96. The highest BCUT2D eigenvalue weighted by atomic mass is 16.5. The van der Waals surface area contributed by atoms with E-state index in [9.17, 15) is 4.79 Å². The maximum atomic E-state index is 11.2. The normalized spacial score (nSPS) is 10.6. The van der Waals surface area contributed by atoms with Crippen molar-refractivity contribution in [2.75, 3.05) is 6.61 Å². The lowest BCUT2D eigenvalue weighted by Gasteiger charge is -2.03. The average Bonchev–Trinajstić information content (AvgIpc) is 2.38. The van der Waals surface area contributed by atoms with Gasteiger partial charge >= 0.3 is 5.97 Å². The lowest BCUT2D eigenvalue weighted by atomic mass is 10.1. The van der Waals surface area contributed by atoms with Gasteiger partial charge in [0.1, 0.15) is 0 Å². The number of carbonyl (C=O) groups is 1. The zero-order valence-electron chi connectivity index (χ0n) is 12.5. The molecule has 0 unspecified atom stereocenters. The smallest absolute Gasteiger partial charge is 0.305 e. The third-order valence-electron chi connectivity index (χ3n) is 3.20. The quantitative estimate of drug-likeness (QED) is 0.332. The number of rotatable bonds is 13. The molecule has 0 heterocycles. The topological polar surface area (TPSA) is 26.3 Å². The fraction of sp³-hybridized carbons (Fsp3) is 0.938. The highest BCUT2D eigenvalue weighted by Gasteiger charge is 2.01. The molecule has 0 amide bonds. The van der Waals surface area contributed by atoms with E-state index in [2.05, 4.69) is 6.92 Å². The van der Waals surface area contributed by atoms with Crippen LogP contribution in [0.2, 0.25) is 0 Å². The molecule has 0 saturated carbocycles. The van der Waals surface area contributed by atoms with E-state index in [1.807, 2.05) is 6.92 Å². The van der Waals surface area contributed by atoms with E-state index in [0.29, 0.717) is 13.0 Å². The Morgan fingerprint density at radius 3 is 1.72 bits per heavy atom. The standard InChI is InChI=1S/C16H32O2/c1-3-5-6-7-8-9-10-11-12-13-14-16(17)18-15-4-2/h3-15H2,1-2H3. The van der Waals surface area contributed by atoms with Crippen LogP contribution >= 0.6 is 0 Å². The Morgan fingerprint density at radius 1 is 0.722 bits per heavy atom. The molecule has 2 nitrogen and oxygen atoms in total. The Labute approximate surface area is 113 Å². The van der Waals surface area contributed by atoms with Gasteiger partial charge in [-0.25, -0.2) is 0 Å². The number of carbonyl (C=O) groups excluding carboxylic acids is 1. The summed E-state index contributed by atoms with van der Waals surface area (Å²) in [5, 5.41) is 0. The average molecular weight is 256 g/mol. The van der Waals surface area contributed by atoms with Crippen LogP contribution < -0.4 is 0 Å². The Kier molecular flexibility index (Phi) is 14.1. The maximum absolute atomic E-state index is 11.2. The monoisotopic (exact) mass is 256 g/mol. The van der Waals surface area contributed by atoms with Crippen molar-refractivity contribution < 1.29 is 9.53 Å². The van der Waals surface area contributed by atoms with Gasteiger partial charge in [0.25, 0.3) is 0 Å². The van der Waals surface area contributed by atoms with E-state index < -0.39 is 0 Å². The molecule has 0 bridgehead atoms. The highest BCUT2D eigenvalue weighted by Crippen LogP contribution is 2.11. The van der Waals surface area contributed by atoms with Gasteiger partial charge in [-0.05, 0) is 12.8 Å². The van der Waals surface area contributed by atoms with Crippen LogP contribution in [-0.2, 0) is 9.53 Å². The Morgan fingerprint density at radius 2 is 1.22 bits per heavy atom. The lowest BCUT2D eigenvalue weighted by Crippen LogP contribution is -2.04. The van der Waals surface area contributed by atoms with Gasteiger partial charge in [-0.2, -0.15) is 0 Å². The van der Waals surface area contributed by atoms with Crippen molar-refractivity contribution in [3.63, 3.8) is 0 Å². The van der Waals surface area contributed by atoms with Crippen molar-refractivity contribution in [1.29, 1.82) is 0 Å². The first kappa shape index (κ1) is 17.5. The zero-order chi connectivity index (χ0) is 13.5. The molecule has 108 valence electrons.